The molecular formula is C9H15ClO2. The Hall–Kier alpha value is -0.0800. The zero-order chi connectivity index (χ0) is 9.14. The van der Waals surface area contributed by atoms with Gasteiger partial charge in [0, 0.05) is 5.92 Å². The molecule has 0 aromatic rings. The van der Waals surface area contributed by atoms with E-state index in [-0.39, 0.29) is 17.6 Å². The van der Waals surface area contributed by atoms with E-state index in [2.05, 4.69) is 6.92 Å². The van der Waals surface area contributed by atoms with Crippen molar-refractivity contribution >= 4 is 17.4 Å². The van der Waals surface area contributed by atoms with Crippen molar-refractivity contribution in [2.24, 2.45) is 11.8 Å². The summed E-state index contributed by atoms with van der Waals surface area (Å²) >= 11 is 5.44. The largest absolute Gasteiger partial charge is 0.392 e. The molecule has 0 unspecified atom stereocenters. The van der Waals surface area contributed by atoms with Gasteiger partial charge < -0.3 is 5.11 Å². The van der Waals surface area contributed by atoms with Crippen LogP contribution < -0.4 is 0 Å². The number of aliphatic hydroxyl groups is 1. The number of Topliss-reactive ketones (excluding diaryl/α,β-unsaturated/α-hetero) is 1. The second-order valence-electron chi connectivity index (χ2n) is 3.69. The predicted octanol–water partition coefficient (Wildman–Crippen LogP) is 1.59. The molecular weight excluding hydrogens is 176 g/mol. The fraction of sp³-hybridized carbons (Fsp3) is 0.889. The molecule has 12 heavy (non-hydrogen) atoms. The Labute approximate surface area is 77.9 Å². The highest BCUT2D eigenvalue weighted by atomic mass is 35.5. The Kier molecular flexibility index (Phi) is 3.53. The molecule has 0 heterocycles. The number of rotatable bonds is 2. The van der Waals surface area contributed by atoms with Gasteiger partial charge in [-0.1, -0.05) is 6.92 Å². The van der Waals surface area contributed by atoms with Gasteiger partial charge in [-0.2, -0.15) is 0 Å². The van der Waals surface area contributed by atoms with Gasteiger partial charge >= 0.3 is 0 Å². The number of hydrogen-bond acceptors (Lipinski definition) is 2. The molecule has 3 atom stereocenters. The third-order valence-electron chi connectivity index (χ3n) is 2.62. The van der Waals surface area contributed by atoms with Crippen molar-refractivity contribution in [1.29, 1.82) is 0 Å². The van der Waals surface area contributed by atoms with Crippen molar-refractivity contribution in [2.75, 3.05) is 5.88 Å². The first-order valence-electron chi connectivity index (χ1n) is 4.42. The van der Waals surface area contributed by atoms with E-state index in [0.717, 1.165) is 19.3 Å². The first kappa shape index (κ1) is 10.0. The van der Waals surface area contributed by atoms with Gasteiger partial charge in [0.15, 0.2) is 5.78 Å². The van der Waals surface area contributed by atoms with Crippen molar-refractivity contribution in [1.82, 2.24) is 0 Å². The molecule has 1 N–H and O–H groups in total. The Morgan fingerprint density at radius 3 is 2.83 bits per heavy atom. The first-order valence-corrected chi connectivity index (χ1v) is 4.95. The lowest BCUT2D eigenvalue weighted by molar-refractivity contribution is -0.126. The molecule has 0 amide bonds. The van der Waals surface area contributed by atoms with Crippen molar-refractivity contribution in [3.8, 4) is 0 Å². The van der Waals surface area contributed by atoms with Gasteiger partial charge in [0.1, 0.15) is 0 Å². The van der Waals surface area contributed by atoms with E-state index >= 15 is 0 Å². The molecule has 0 radical (unpaired) electrons. The summed E-state index contributed by atoms with van der Waals surface area (Å²) in [5.74, 6) is 0.376. The van der Waals surface area contributed by atoms with E-state index in [1.54, 1.807) is 0 Å². The van der Waals surface area contributed by atoms with Gasteiger partial charge in [0.25, 0.3) is 0 Å². The van der Waals surface area contributed by atoms with Gasteiger partial charge in [-0.05, 0) is 25.2 Å². The molecule has 2 nitrogen and oxygen atoms in total. The molecule has 1 saturated carbocycles. The molecule has 3 heteroatoms. The predicted molar refractivity (Wildman–Crippen MR) is 48.2 cm³/mol. The van der Waals surface area contributed by atoms with Crippen LogP contribution in [0.2, 0.25) is 0 Å². The molecule has 1 fully saturated rings. The number of hydrogen-bond donors (Lipinski definition) is 1. The lowest BCUT2D eigenvalue weighted by Crippen LogP contribution is -2.34. The van der Waals surface area contributed by atoms with Gasteiger partial charge in [0.2, 0.25) is 0 Å². The summed E-state index contributed by atoms with van der Waals surface area (Å²) in [4.78, 5) is 11.2. The zero-order valence-corrected chi connectivity index (χ0v) is 8.05. The molecule has 0 bridgehead atoms. The summed E-state index contributed by atoms with van der Waals surface area (Å²) in [6, 6.07) is 0. The van der Waals surface area contributed by atoms with Crippen LogP contribution in [0.3, 0.4) is 0 Å². The van der Waals surface area contributed by atoms with Gasteiger partial charge in [-0.25, -0.2) is 0 Å². The lowest BCUT2D eigenvalue weighted by Gasteiger charge is -2.29. The topological polar surface area (TPSA) is 37.3 Å². The minimum Gasteiger partial charge on any atom is -0.392 e. The second-order valence-corrected chi connectivity index (χ2v) is 3.96. The van der Waals surface area contributed by atoms with E-state index in [1.165, 1.54) is 0 Å². The quantitative estimate of drug-likeness (QED) is 0.672. The minimum atomic E-state index is -0.451. The molecule has 1 aliphatic rings. The van der Waals surface area contributed by atoms with E-state index in [0.29, 0.717) is 5.92 Å². The Morgan fingerprint density at radius 2 is 2.25 bits per heavy atom. The molecule has 70 valence electrons. The Bertz CT molecular complexity index is 170. The standard InChI is InChI=1S/C9H15ClO2/c1-6-2-3-8(11)7(4-6)9(12)5-10/h6-8,11H,2-5H2,1H3/t6-,7+,8+/m0/s1. The highest BCUT2D eigenvalue weighted by Gasteiger charge is 2.31. The number of alkyl halides is 1. The monoisotopic (exact) mass is 190 g/mol. The highest BCUT2D eigenvalue weighted by molar-refractivity contribution is 6.27. The van der Waals surface area contributed by atoms with Crippen molar-refractivity contribution in [3.63, 3.8) is 0 Å². The van der Waals surface area contributed by atoms with Crippen LogP contribution >= 0.6 is 11.6 Å². The molecule has 1 aliphatic carbocycles. The van der Waals surface area contributed by atoms with Crippen molar-refractivity contribution in [3.05, 3.63) is 0 Å². The number of halogens is 1. The van der Waals surface area contributed by atoms with Crippen LogP contribution in [0.1, 0.15) is 26.2 Å². The summed E-state index contributed by atoms with van der Waals surface area (Å²) in [5, 5.41) is 9.51. The van der Waals surface area contributed by atoms with Crippen LogP contribution in [0.4, 0.5) is 0 Å². The average molecular weight is 191 g/mol. The summed E-state index contributed by atoms with van der Waals surface area (Å²) in [7, 11) is 0. The number of ketones is 1. The number of carbonyl (C=O) groups excluding carboxylic acids is 1. The Morgan fingerprint density at radius 1 is 1.58 bits per heavy atom. The maximum atomic E-state index is 11.2. The summed E-state index contributed by atoms with van der Waals surface area (Å²) in [6.07, 6.45) is 2.11. The van der Waals surface area contributed by atoms with Gasteiger partial charge in [-0.15, -0.1) is 11.6 Å². The van der Waals surface area contributed by atoms with Crippen molar-refractivity contribution < 1.29 is 9.90 Å². The van der Waals surface area contributed by atoms with Crippen LogP contribution in [0.25, 0.3) is 0 Å². The lowest BCUT2D eigenvalue weighted by atomic mass is 9.78. The van der Waals surface area contributed by atoms with Gasteiger partial charge in [-0.3, -0.25) is 4.79 Å². The molecule has 0 saturated heterocycles. The van der Waals surface area contributed by atoms with E-state index < -0.39 is 6.10 Å². The van der Waals surface area contributed by atoms with E-state index in [4.69, 9.17) is 11.6 Å². The SMILES string of the molecule is C[C@H]1CC[C@@H](O)[C@H](C(=O)CCl)C1. The van der Waals surface area contributed by atoms with E-state index in [9.17, 15) is 9.90 Å². The van der Waals surface area contributed by atoms with Crippen LogP contribution in [0.5, 0.6) is 0 Å². The summed E-state index contributed by atoms with van der Waals surface area (Å²) in [6.45, 7) is 2.11. The summed E-state index contributed by atoms with van der Waals surface area (Å²) in [5.41, 5.74) is 0. The van der Waals surface area contributed by atoms with E-state index in [1.807, 2.05) is 0 Å². The van der Waals surface area contributed by atoms with Crippen LogP contribution in [-0.2, 0) is 4.79 Å². The van der Waals surface area contributed by atoms with Crippen LogP contribution in [0.15, 0.2) is 0 Å². The number of aliphatic hydroxyl groups excluding tert-OH is 1. The zero-order valence-electron chi connectivity index (χ0n) is 7.29. The fourth-order valence-corrected chi connectivity index (χ4v) is 2.01. The highest BCUT2D eigenvalue weighted by Crippen LogP contribution is 2.29. The van der Waals surface area contributed by atoms with Crippen molar-refractivity contribution in [2.45, 2.75) is 32.3 Å². The van der Waals surface area contributed by atoms with Crippen LogP contribution in [0, 0.1) is 11.8 Å². The molecule has 1 rings (SSSR count). The minimum absolute atomic E-state index is 0.00397. The fourth-order valence-electron chi connectivity index (χ4n) is 1.81. The van der Waals surface area contributed by atoms with Gasteiger partial charge in [0.05, 0.1) is 12.0 Å². The van der Waals surface area contributed by atoms with Crippen LogP contribution in [-0.4, -0.2) is 22.9 Å². The second kappa shape index (κ2) is 4.24. The third-order valence-corrected chi connectivity index (χ3v) is 2.88. The third kappa shape index (κ3) is 2.20. The first-order chi connectivity index (χ1) is 5.65. The molecule has 0 spiro atoms. The smallest absolute Gasteiger partial charge is 0.153 e. The number of carbonyl (C=O) groups is 1. The maximum absolute atomic E-state index is 11.2. The molecule has 0 aromatic carbocycles. The summed E-state index contributed by atoms with van der Waals surface area (Å²) < 4.78 is 0. The molecule has 0 aromatic heterocycles. The Balaban J connectivity index is 2.54. The average Bonchev–Trinajstić information content (AvgIpc) is 2.08. The normalized spacial score (nSPS) is 36.4. The molecule has 0 aliphatic heterocycles. The maximum Gasteiger partial charge on any atom is 0.153 e.